The average Bonchev–Trinajstić information content (AvgIpc) is 2.71. The van der Waals surface area contributed by atoms with Gasteiger partial charge in [-0.1, -0.05) is 0 Å². The summed E-state index contributed by atoms with van der Waals surface area (Å²) in [5.41, 5.74) is 0.933. The van der Waals surface area contributed by atoms with E-state index in [0.717, 1.165) is 16.2 Å². The van der Waals surface area contributed by atoms with Gasteiger partial charge in [-0.2, -0.15) is 0 Å². The van der Waals surface area contributed by atoms with Crippen molar-refractivity contribution in [1.82, 2.24) is 0 Å². The van der Waals surface area contributed by atoms with Crippen LogP contribution in [-0.2, 0) is 0 Å². The maximum atomic E-state index is 10.7. The third-order valence-corrected chi connectivity index (χ3v) is 3.11. The Labute approximate surface area is 84.6 Å². The van der Waals surface area contributed by atoms with E-state index in [4.69, 9.17) is 9.52 Å². The first kappa shape index (κ1) is 9.02. The van der Waals surface area contributed by atoms with Crippen LogP contribution in [0.5, 0.6) is 0 Å². The second-order valence-corrected chi connectivity index (χ2v) is 3.96. The zero-order valence-corrected chi connectivity index (χ0v) is 8.30. The standard InChI is InChI=1S/C10H8O3S/c1-6-5-8(10(11)12)14-9(6)7-3-2-4-13-7/h2-5H,1H3,(H,11,12). The minimum absolute atomic E-state index is 0.342. The fourth-order valence-electron chi connectivity index (χ4n) is 1.24. The van der Waals surface area contributed by atoms with Gasteiger partial charge in [-0.25, -0.2) is 4.79 Å². The Morgan fingerprint density at radius 3 is 2.86 bits per heavy atom. The Morgan fingerprint density at radius 2 is 2.36 bits per heavy atom. The first-order valence-electron chi connectivity index (χ1n) is 4.06. The number of rotatable bonds is 2. The van der Waals surface area contributed by atoms with Gasteiger partial charge in [-0.05, 0) is 30.7 Å². The van der Waals surface area contributed by atoms with Crippen LogP contribution in [0.1, 0.15) is 15.2 Å². The van der Waals surface area contributed by atoms with E-state index < -0.39 is 5.97 Å². The van der Waals surface area contributed by atoms with E-state index in [0.29, 0.717) is 4.88 Å². The van der Waals surface area contributed by atoms with Gasteiger partial charge in [0.25, 0.3) is 0 Å². The van der Waals surface area contributed by atoms with Crippen LogP contribution < -0.4 is 0 Å². The second-order valence-electron chi connectivity index (χ2n) is 2.91. The highest BCUT2D eigenvalue weighted by Gasteiger charge is 2.13. The Kier molecular flexibility index (Phi) is 2.13. The molecule has 0 saturated carbocycles. The Hall–Kier alpha value is -1.55. The first-order chi connectivity index (χ1) is 6.68. The highest BCUT2D eigenvalue weighted by molar-refractivity contribution is 7.17. The van der Waals surface area contributed by atoms with Gasteiger partial charge in [0.1, 0.15) is 10.6 Å². The molecule has 14 heavy (non-hydrogen) atoms. The first-order valence-corrected chi connectivity index (χ1v) is 4.87. The lowest BCUT2D eigenvalue weighted by atomic mass is 10.2. The normalized spacial score (nSPS) is 10.4. The molecule has 0 amide bonds. The molecule has 2 aromatic heterocycles. The van der Waals surface area contributed by atoms with E-state index in [9.17, 15) is 4.79 Å². The lowest BCUT2D eigenvalue weighted by Gasteiger charge is -1.91. The summed E-state index contributed by atoms with van der Waals surface area (Å²) in [6.45, 7) is 1.88. The molecule has 0 aromatic carbocycles. The molecule has 1 N–H and O–H groups in total. The van der Waals surface area contributed by atoms with Gasteiger partial charge >= 0.3 is 5.97 Å². The smallest absolute Gasteiger partial charge is 0.345 e. The predicted molar refractivity (Wildman–Crippen MR) is 53.7 cm³/mol. The van der Waals surface area contributed by atoms with Crippen molar-refractivity contribution in [2.75, 3.05) is 0 Å². The van der Waals surface area contributed by atoms with E-state index in [-0.39, 0.29) is 0 Å². The summed E-state index contributed by atoms with van der Waals surface area (Å²) in [4.78, 5) is 11.9. The molecule has 2 aromatic rings. The van der Waals surface area contributed by atoms with Crippen LogP contribution in [-0.4, -0.2) is 11.1 Å². The predicted octanol–water partition coefficient (Wildman–Crippen LogP) is 3.01. The van der Waals surface area contributed by atoms with E-state index in [1.807, 2.05) is 13.0 Å². The summed E-state index contributed by atoms with van der Waals surface area (Å²) in [5.74, 6) is -0.170. The molecule has 0 aliphatic rings. The summed E-state index contributed by atoms with van der Waals surface area (Å²) in [7, 11) is 0. The third-order valence-electron chi connectivity index (χ3n) is 1.87. The van der Waals surface area contributed by atoms with Crippen LogP contribution in [0.25, 0.3) is 10.6 Å². The van der Waals surface area contributed by atoms with Crippen molar-refractivity contribution in [3.8, 4) is 10.6 Å². The van der Waals surface area contributed by atoms with Gasteiger partial charge in [-0.3, -0.25) is 0 Å². The summed E-state index contributed by atoms with van der Waals surface area (Å²) < 4.78 is 5.21. The summed E-state index contributed by atoms with van der Waals surface area (Å²) in [6, 6.07) is 5.27. The maximum absolute atomic E-state index is 10.7. The van der Waals surface area contributed by atoms with Crippen LogP contribution in [0.2, 0.25) is 0 Å². The van der Waals surface area contributed by atoms with Crippen molar-refractivity contribution in [3.05, 3.63) is 34.9 Å². The largest absolute Gasteiger partial charge is 0.477 e. The molecule has 72 valence electrons. The third kappa shape index (κ3) is 1.44. The molecular weight excluding hydrogens is 200 g/mol. The average molecular weight is 208 g/mol. The molecule has 0 saturated heterocycles. The van der Waals surface area contributed by atoms with Crippen molar-refractivity contribution < 1.29 is 14.3 Å². The maximum Gasteiger partial charge on any atom is 0.345 e. The van der Waals surface area contributed by atoms with Crippen molar-refractivity contribution in [1.29, 1.82) is 0 Å². The van der Waals surface area contributed by atoms with Gasteiger partial charge in [0.2, 0.25) is 0 Å². The molecule has 0 aliphatic heterocycles. The van der Waals surface area contributed by atoms with Crippen molar-refractivity contribution in [2.24, 2.45) is 0 Å². The molecular formula is C10H8O3S. The number of thiophene rings is 1. The molecule has 0 aliphatic carbocycles. The molecule has 0 bridgehead atoms. The summed E-state index contributed by atoms with van der Waals surface area (Å²) >= 11 is 1.23. The topological polar surface area (TPSA) is 50.4 Å². The molecule has 2 rings (SSSR count). The molecule has 2 heterocycles. The second kappa shape index (κ2) is 3.31. The highest BCUT2D eigenvalue weighted by Crippen LogP contribution is 2.32. The summed E-state index contributed by atoms with van der Waals surface area (Å²) in [5, 5.41) is 8.80. The highest BCUT2D eigenvalue weighted by atomic mass is 32.1. The van der Waals surface area contributed by atoms with Crippen LogP contribution in [0, 0.1) is 6.92 Å². The number of aryl methyl sites for hydroxylation is 1. The molecule has 0 unspecified atom stereocenters. The van der Waals surface area contributed by atoms with Crippen molar-refractivity contribution >= 4 is 17.3 Å². The molecule has 0 spiro atoms. The molecule has 3 nitrogen and oxygen atoms in total. The minimum atomic E-state index is -0.893. The van der Waals surface area contributed by atoms with Crippen LogP contribution in [0.3, 0.4) is 0 Å². The summed E-state index contributed by atoms with van der Waals surface area (Å²) in [6.07, 6.45) is 1.58. The molecule has 0 radical (unpaired) electrons. The van der Waals surface area contributed by atoms with Crippen LogP contribution in [0.4, 0.5) is 0 Å². The van der Waals surface area contributed by atoms with Gasteiger partial charge in [0.15, 0.2) is 0 Å². The van der Waals surface area contributed by atoms with E-state index in [2.05, 4.69) is 0 Å². The number of carboxylic acid groups (broad SMARTS) is 1. The Morgan fingerprint density at radius 1 is 1.57 bits per heavy atom. The molecule has 4 heteroatoms. The zero-order valence-electron chi connectivity index (χ0n) is 7.48. The number of aromatic carboxylic acids is 1. The monoisotopic (exact) mass is 208 g/mol. The number of carboxylic acids is 1. The fraction of sp³-hybridized carbons (Fsp3) is 0.100. The van der Waals surface area contributed by atoms with Gasteiger partial charge in [-0.15, -0.1) is 11.3 Å². The van der Waals surface area contributed by atoms with Gasteiger partial charge < -0.3 is 9.52 Å². The zero-order chi connectivity index (χ0) is 10.1. The van der Waals surface area contributed by atoms with Gasteiger partial charge in [0.05, 0.1) is 11.1 Å². The Bertz CT molecular complexity index is 454. The lowest BCUT2D eigenvalue weighted by molar-refractivity contribution is 0.0702. The quantitative estimate of drug-likeness (QED) is 0.825. The number of hydrogen-bond acceptors (Lipinski definition) is 3. The number of carbonyl (C=O) groups is 1. The minimum Gasteiger partial charge on any atom is -0.477 e. The molecule has 0 atom stereocenters. The van der Waals surface area contributed by atoms with Crippen LogP contribution in [0.15, 0.2) is 28.9 Å². The lowest BCUT2D eigenvalue weighted by Crippen LogP contribution is -1.89. The number of furan rings is 1. The van der Waals surface area contributed by atoms with Crippen LogP contribution >= 0.6 is 11.3 Å². The fourth-order valence-corrected chi connectivity index (χ4v) is 2.22. The van der Waals surface area contributed by atoms with E-state index >= 15 is 0 Å². The SMILES string of the molecule is Cc1cc(C(=O)O)sc1-c1ccco1. The van der Waals surface area contributed by atoms with E-state index in [1.165, 1.54) is 11.3 Å². The van der Waals surface area contributed by atoms with Crippen molar-refractivity contribution in [3.63, 3.8) is 0 Å². The Balaban J connectivity index is 2.50. The molecule has 0 fully saturated rings. The van der Waals surface area contributed by atoms with Crippen molar-refractivity contribution in [2.45, 2.75) is 6.92 Å². The number of hydrogen-bond donors (Lipinski definition) is 1. The van der Waals surface area contributed by atoms with E-state index in [1.54, 1.807) is 18.4 Å². The van der Waals surface area contributed by atoms with Gasteiger partial charge in [0, 0.05) is 0 Å².